The van der Waals surface area contributed by atoms with Crippen LogP contribution in [0.1, 0.15) is 0 Å². The molecule has 0 aliphatic heterocycles. The second-order valence-electron chi connectivity index (χ2n) is 5.35. The summed E-state index contributed by atoms with van der Waals surface area (Å²) in [7, 11) is 3.16. The number of H-pyrrole nitrogens is 1. The quantitative estimate of drug-likeness (QED) is 0.630. The minimum Gasteiger partial charge on any atom is -0.493 e. The lowest BCUT2D eigenvalue weighted by atomic mass is 10.1. The maximum absolute atomic E-state index is 12.6. The van der Waals surface area contributed by atoms with Gasteiger partial charge < -0.3 is 14.5 Å². The van der Waals surface area contributed by atoms with Gasteiger partial charge in [0.25, 0.3) is 5.56 Å². The van der Waals surface area contributed by atoms with Gasteiger partial charge in [0, 0.05) is 11.6 Å². The van der Waals surface area contributed by atoms with Gasteiger partial charge in [0.05, 0.1) is 30.9 Å². The molecule has 6 heteroatoms. The van der Waals surface area contributed by atoms with Gasteiger partial charge in [-0.05, 0) is 30.3 Å². The van der Waals surface area contributed by atoms with Crippen LogP contribution in [0.2, 0.25) is 0 Å². The fourth-order valence-corrected chi connectivity index (χ4v) is 2.84. The van der Waals surface area contributed by atoms with Crippen molar-refractivity contribution in [2.75, 3.05) is 14.2 Å². The van der Waals surface area contributed by atoms with E-state index < -0.39 is 0 Å². The molecule has 0 saturated carbocycles. The summed E-state index contributed by atoms with van der Waals surface area (Å²) >= 11 is 0. The molecule has 24 heavy (non-hydrogen) atoms. The molecule has 4 aromatic rings. The molecule has 0 amide bonds. The zero-order valence-corrected chi connectivity index (χ0v) is 13.2. The van der Waals surface area contributed by atoms with Gasteiger partial charge in [-0.1, -0.05) is 12.1 Å². The molecule has 0 bridgehead atoms. The molecule has 6 nitrogen and oxygen atoms in total. The van der Waals surface area contributed by atoms with Crippen LogP contribution in [0.5, 0.6) is 11.5 Å². The molecule has 1 N–H and O–H groups in total. The molecule has 0 aliphatic carbocycles. The lowest BCUT2D eigenvalue weighted by molar-refractivity contribution is 0.355. The average molecular weight is 321 g/mol. The lowest BCUT2D eigenvalue weighted by Crippen LogP contribution is -2.13. The van der Waals surface area contributed by atoms with E-state index in [9.17, 15) is 4.79 Å². The third kappa shape index (κ3) is 2.11. The van der Waals surface area contributed by atoms with Crippen molar-refractivity contribution in [1.82, 2.24) is 14.4 Å². The zero-order valence-electron chi connectivity index (χ0n) is 13.2. The predicted octanol–water partition coefficient (Wildman–Crippen LogP) is 2.86. The zero-order chi connectivity index (χ0) is 16.7. The number of ether oxygens (including phenoxy) is 2. The number of para-hydroxylation sites is 2. The Hall–Kier alpha value is -3.28. The van der Waals surface area contributed by atoms with E-state index in [2.05, 4.69) is 9.97 Å². The van der Waals surface area contributed by atoms with Crippen molar-refractivity contribution < 1.29 is 9.47 Å². The molecule has 0 unspecified atom stereocenters. The van der Waals surface area contributed by atoms with Gasteiger partial charge in [-0.3, -0.25) is 4.79 Å². The maximum atomic E-state index is 12.6. The van der Waals surface area contributed by atoms with Gasteiger partial charge >= 0.3 is 0 Å². The summed E-state index contributed by atoms with van der Waals surface area (Å²) < 4.78 is 12.1. The second kappa shape index (κ2) is 5.42. The third-order valence-corrected chi connectivity index (χ3v) is 3.99. The topological polar surface area (TPSA) is 68.6 Å². The standard InChI is InChI=1S/C18H15N3O3/c1-23-15-8-7-11(9-16(15)24-2)13-10-17(22)21-14-6-4-3-5-12(14)19-18(21)20-13/h3-10H,1-2H3,(H,19,20). The molecule has 0 spiro atoms. The molecule has 0 radical (unpaired) electrons. The van der Waals surface area contributed by atoms with E-state index in [4.69, 9.17) is 9.47 Å². The molecule has 0 saturated heterocycles. The Bertz CT molecular complexity index is 1110. The number of fused-ring (bicyclic) bond motifs is 3. The molecular formula is C18H15N3O3. The molecule has 0 atom stereocenters. The van der Waals surface area contributed by atoms with E-state index in [0.717, 1.165) is 16.6 Å². The first kappa shape index (κ1) is 14.3. The number of benzene rings is 2. The van der Waals surface area contributed by atoms with Gasteiger partial charge in [0.15, 0.2) is 11.5 Å². The lowest BCUT2D eigenvalue weighted by Gasteiger charge is -2.09. The fourth-order valence-electron chi connectivity index (χ4n) is 2.84. The highest BCUT2D eigenvalue weighted by molar-refractivity contribution is 5.80. The van der Waals surface area contributed by atoms with Crippen LogP contribution < -0.4 is 15.0 Å². The largest absolute Gasteiger partial charge is 0.493 e. The van der Waals surface area contributed by atoms with Crippen molar-refractivity contribution in [2.24, 2.45) is 0 Å². The number of aromatic amines is 1. The molecule has 0 fully saturated rings. The normalized spacial score (nSPS) is 11.1. The Morgan fingerprint density at radius 2 is 1.79 bits per heavy atom. The SMILES string of the molecule is COc1ccc(-c2cc(=O)n3c(nc4ccccc43)[nH]2)cc1OC. The van der Waals surface area contributed by atoms with Crippen molar-refractivity contribution in [1.29, 1.82) is 0 Å². The highest BCUT2D eigenvalue weighted by Gasteiger charge is 2.11. The molecule has 4 rings (SSSR count). The highest BCUT2D eigenvalue weighted by Crippen LogP contribution is 2.31. The Balaban J connectivity index is 1.95. The van der Waals surface area contributed by atoms with Gasteiger partial charge in [-0.2, -0.15) is 0 Å². The van der Waals surface area contributed by atoms with Crippen molar-refractivity contribution in [2.45, 2.75) is 0 Å². The third-order valence-electron chi connectivity index (χ3n) is 3.99. The highest BCUT2D eigenvalue weighted by atomic mass is 16.5. The Labute approximate surface area is 137 Å². The Morgan fingerprint density at radius 3 is 2.58 bits per heavy atom. The Morgan fingerprint density at radius 1 is 1.00 bits per heavy atom. The average Bonchev–Trinajstić information content (AvgIpc) is 2.99. The van der Waals surface area contributed by atoms with E-state index in [1.807, 2.05) is 36.4 Å². The first-order chi connectivity index (χ1) is 11.7. The van der Waals surface area contributed by atoms with Crippen LogP contribution in [-0.4, -0.2) is 28.6 Å². The first-order valence-electron chi connectivity index (χ1n) is 7.44. The van der Waals surface area contributed by atoms with E-state index in [1.54, 1.807) is 30.8 Å². The van der Waals surface area contributed by atoms with Gasteiger partial charge in [0.2, 0.25) is 5.78 Å². The summed E-state index contributed by atoms with van der Waals surface area (Å²) in [5.41, 5.74) is 2.91. The van der Waals surface area contributed by atoms with Crippen LogP contribution in [0.3, 0.4) is 0 Å². The molecule has 2 aromatic heterocycles. The van der Waals surface area contributed by atoms with Gasteiger partial charge in [-0.25, -0.2) is 9.38 Å². The van der Waals surface area contributed by atoms with Crippen molar-refractivity contribution >= 4 is 16.8 Å². The molecule has 120 valence electrons. The molecule has 2 heterocycles. The van der Waals surface area contributed by atoms with Crippen molar-refractivity contribution in [3.63, 3.8) is 0 Å². The maximum Gasteiger partial charge on any atom is 0.260 e. The predicted molar refractivity (Wildman–Crippen MR) is 91.9 cm³/mol. The van der Waals surface area contributed by atoms with Crippen LogP contribution in [0.25, 0.3) is 28.1 Å². The van der Waals surface area contributed by atoms with E-state index in [1.165, 1.54) is 0 Å². The number of hydrogen-bond donors (Lipinski definition) is 1. The van der Waals surface area contributed by atoms with Crippen LogP contribution in [0, 0.1) is 0 Å². The number of imidazole rings is 1. The smallest absolute Gasteiger partial charge is 0.260 e. The summed E-state index contributed by atoms with van der Waals surface area (Å²) in [6.07, 6.45) is 0. The minimum atomic E-state index is -0.137. The number of rotatable bonds is 3. The van der Waals surface area contributed by atoms with Crippen molar-refractivity contribution in [3.05, 3.63) is 58.9 Å². The number of aromatic nitrogens is 3. The Kier molecular flexibility index (Phi) is 3.23. The summed E-state index contributed by atoms with van der Waals surface area (Å²) in [5, 5.41) is 0. The monoisotopic (exact) mass is 321 g/mol. The molecule has 2 aromatic carbocycles. The summed E-state index contributed by atoms with van der Waals surface area (Å²) in [6.45, 7) is 0. The second-order valence-corrected chi connectivity index (χ2v) is 5.35. The fraction of sp³-hybridized carbons (Fsp3) is 0.111. The molecule has 0 aliphatic rings. The van der Waals surface area contributed by atoms with Crippen LogP contribution in [-0.2, 0) is 0 Å². The molecular weight excluding hydrogens is 306 g/mol. The van der Waals surface area contributed by atoms with E-state index >= 15 is 0 Å². The number of nitrogens with one attached hydrogen (secondary N) is 1. The minimum absolute atomic E-state index is 0.137. The van der Waals surface area contributed by atoms with E-state index in [0.29, 0.717) is 23.0 Å². The van der Waals surface area contributed by atoms with Crippen LogP contribution >= 0.6 is 0 Å². The van der Waals surface area contributed by atoms with Gasteiger partial charge in [-0.15, -0.1) is 0 Å². The summed E-state index contributed by atoms with van der Waals surface area (Å²) in [5.74, 6) is 1.74. The summed E-state index contributed by atoms with van der Waals surface area (Å²) in [6, 6.07) is 14.6. The van der Waals surface area contributed by atoms with Crippen molar-refractivity contribution in [3.8, 4) is 22.8 Å². The first-order valence-corrected chi connectivity index (χ1v) is 7.44. The van der Waals surface area contributed by atoms with Crippen LogP contribution in [0.15, 0.2) is 53.3 Å². The number of hydrogen-bond acceptors (Lipinski definition) is 4. The van der Waals surface area contributed by atoms with Crippen LogP contribution in [0.4, 0.5) is 0 Å². The van der Waals surface area contributed by atoms with Gasteiger partial charge in [0.1, 0.15) is 0 Å². The van der Waals surface area contributed by atoms with E-state index in [-0.39, 0.29) is 5.56 Å². The number of nitrogens with zero attached hydrogens (tertiary/aromatic N) is 2. The number of methoxy groups -OCH3 is 2. The summed E-state index contributed by atoms with van der Waals surface area (Å²) in [4.78, 5) is 20.3.